The first-order valence-electron chi connectivity index (χ1n) is 5.99. The highest BCUT2D eigenvalue weighted by molar-refractivity contribution is 5.45. The van der Waals surface area contributed by atoms with Crippen molar-refractivity contribution in [2.75, 3.05) is 11.1 Å². The molecule has 0 bridgehead atoms. The normalized spacial score (nSPS) is 10.7. The Labute approximate surface area is 114 Å². The fourth-order valence-electron chi connectivity index (χ4n) is 1.93. The number of anilines is 2. The number of hydrogen-bond acceptors (Lipinski definition) is 3. The van der Waals surface area contributed by atoms with Gasteiger partial charge in [0.2, 0.25) is 0 Å². The Morgan fingerprint density at radius 2 is 1.65 bits per heavy atom. The van der Waals surface area contributed by atoms with Crippen LogP contribution in [0.15, 0.2) is 18.2 Å². The summed E-state index contributed by atoms with van der Waals surface area (Å²) in [5.41, 5.74) is 7.07. The third-order valence-corrected chi connectivity index (χ3v) is 2.91. The van der Waals surface area contributed by atoms with Crippen molar-refractivity contribution < 1.29 is 13.2 Å². The number of nitrogens with two attached hydrogens (primary N) is 1. The minimum absolute atomic E-state index is 0.136. The molecule has 0 saturated carbocycles. The van der Waals surface area contributed by atoms with E-state index in [-0.39, 0.29) is 24.0 Å². The molecule has 1 heterocycles. The molecule has 6 heteroatoms. The molecule has 2 rings (SSSR count). The number of hydrogen-bond donors (Lipinski definition) is 2. The van der Waals surface area contributed by atoms with E-state index < -0.39 is 11.6 Å². The van der Waals surface area contributed by atoms with E-state index in [4.69, 9.17) is 5.73 Å². The summed E-state index contributed by atoms with van der Waals surface area (Å²) in [7, 11) is 0. The first kappa shape index (κ1) is 14.2. The second kappa shape index (κ2) is 5.40. The maximum Gasteiger partial charge on any atom is 0.168 e. The summed E-state index contributed by atoms with van der Waals surface area (Å²) in [5, 5.41) is 2.72. The topological polar surface area (TPSA) is 50.9 Å². The number of nitrogen functional groups attached to an aromatic ring is 1. The molecule has 0 radical (unpaired) electrons. The van der Waals surface area contributed by atoms with Gasteiger partial charge in [-0.3, -0.25) is 0 Å². The number of rotatable bonds is 3. The van der Waals surface area contributed by atoms with Crippen LogP contribution in [0.25, 0.3) is 0 Å². The highest BCUT2D eigenvalue weighted by atomic mass is 19.1. The van der Waals surface area contributed by atoms with Crippen LogP contribution in [0.5, 0.6) is 0 Å². The Hall–Kier alpha value is -2.24. The van der Waals surface area contributed by atoms with E-state index in [1.807, 2.05) is 0 Å². The fourth-order valence-corrected chi connectivity index (χ4v) is 1.93. The number of aromatic nitrogens is 1. The van der Waals surface area contributed by atoms with E-state index in [0.717, 1.165) is 5.56 Å². The summed E-state index contributed by atoms with van der Waals surface area (Å²) in [4.78, 5) is 3.59. The summed E-state index contributed by atoms with van der Waals surface area (Å²) in [6, 6.07) is 3.98. The van der Waals surface area contributed by atoms with E-state index in [1.54, 1.807) is 26.0 Å². The van der Waals surface area contributed by atoms with E-state index in [2.05, 4.69) is 10.3 Å². The van der Waals surface area contributed by atoms with Crippen molar-refractivity contribution in [2.45, 2.75) is 20.4 Å². The largest absolute Gasteiger partial charge is 0.381 e. The lowest BCUT2D eigenvalue weighted by Gasteiger charge is -2.10. The monoisotopic (exact) mass is 281 g/mol. The van der Waals surface area contributed by atoms with E-state index in [1.165, 1.54) is 0 Å². The third-order valence-electron chi connectivity index (χ3n) is 2.91. The minimum Gasteiger partial charge on any atom is -0.381 e. The second-order valence-corrected chi connectivity index (χ2v) is 4.58. The third kappa shape index (κ3) is 2.84. The van der Waals surface area contributed by atoms with Crippen LogP contribution in [0, 0.1) is 31.3 Å². The molecule has 0 saturated heterocycles. The Bertz CT molecular complexity index is 633. The molecule has 2 aromatic rings. The maximum atomic E-state index is 13.5. The molecule has 0 fully saturated rings. The highest BCUT2D eigenvalue weighted by Crippen LogP contribution is 2.19. The van der Waals surface area contributed by atoms with Crippen molar-refractivity contribution in [2.24, 2.45) is 0 Å². The Morgan fingerprint density at radius 3 is 2.25 bits per heavy atom. The predicted octanol–water partition coefficient (Wildman–Crippen LogP) is 3.31. The quantitative estimate of drug-likeness (QED) is 0.907. The number of nitrogens with zero attached hydrogens (tertiary/aromatic N) is 1. The summed E-state index contributed by atoms with van der Waals surface area (Å²) in [6.45, 7) is 3.54. The fraction of sp³-hybridized carbons (Fsp3) is 0.214. The number of nitrogens with one attached hydrogen (secondary N) is 1. The molecule has 0 atom stereocenters. The number of benzene rings is 1. The molecule has 1 aromatic heterocycles. The first-order chi connectivity index (χ1) is 9.38. The molecule has 3 nitrogen and oxygen atoms in total. The van der Waals surface area contributed by atoms with Gasteiger partial charge in [-0.2, -0.15) is 0 Å². The molecule has 0 unspecified atom stereocenters. The van der Waals surface area contributed by atoms with Gasteiger partial charge in [-0.25, -0.2) is 18.2 Å². The summed E-state index contributed by atoms with van der Waals surface area (Å²) in [5.74, 6) is -2.50. The minimum atomic E-state index is -0.901. The smallest absolute Gasteiger partial charge is 0.168 e. The average Bonchev–Trinajstić information content (AvgIpc) is 2.38. The lowest BCUT2D eigenvalue weighted by Crippen LogP contribution is -2.07. The SMILES string of the molecule is Cc1cc(CNc2nc(N)c(F)cc2F)cc(C)c1F. The van der Waals surface area contributed by atoms with E-state index >= 15 is 0 Å². The van der Waals surface area contributed by atoms with Crippen molar-refractivity contribution in [1.82, 2.24) is 4.98 Å². The molecular formula is C14H14F3N3. The van der Waals surface area contributed by atoms with Crippen molar-refractivity contribution in [3.05, 3.63) is 52.3 Å². The van der Waals surface area contributed by atoms with Crippen LogP contribution in [-0.2, 0) is 6.54 Å². The lowest BCUT2D eigenvalue weighted by atomic mass is 10.1. The molecule has 3 N–H and O–H groups in total. The molecular weight excluding hydrogens is 267 g/mol. The molecule has 0 aliphatic heterocycles. The van der Waals surface area contributed by atoms with E-state index in [9.17, 15) is 13.2 Å². The van der Waals surface area contributed by atoms with Crippen molar-refractivity contribution in [3.63, 3.8) is 0 Å². The molecule has 0 spiro atoms. The molecule has 0 aliphatic carbocycles. The Kier molecular flexibility index (Phi) is 3.83. The molecule has 0 amide bonds. The zero-order valence-corrected chi connectivity index (χ0v) is 11.1. The van der Waals surface area contributed by atoms with Crippen LogP contribution < -0.4 is 11.1 Å². The van der Waals surface area contributed by atoms with Gasteiger partial charge >= 0.3 is 0 Å². The number of halogens is 3. The standard InChI is InChI=1S/C14H14F3N3/c1-7-3-9(4-8(2)12(7)17)6-19-14-11(16)5-10(15)13(18)20-14/h3-5H,6H2,1-2H3,(H3,18,19,20). The molecule has 1 aromatic carbocycles. The Balaban J connectivity index is 2.19. The van der Waals surface area contributed by atoms with Crippen LogP contribution in [0.4, 0.5) is 24.8 Å². The van der Waals surface area contributed by atoms with Crippen LogP contribution in [0.2, 0.25) is 0 Å². The molecule has 20 heavy (non-hydrogen) atoms. The molecule has 106 valence electrons. The van der Waals surface area contributed by atoms with Gasteiger partial charge in [0.05, 0.1) is 0 Å². The van der Waals surface area contributed by atoms with Crippen molar-refractivity contribution >= 4 is 11.6 Å². The summed E-state index contributed by atoms with van der Waals surface area (Å²) < 4.78 is 39.9. The number of pyridine rings is 1. The van der Waals surface area contributed by atoms with Gasteiger partial charge in [0, 0.05) is 12.6 Å². The van der Waals surface area contributed by atoms with Gasteiger partial charge in [-0.05, 0) is 30.5 Å². The van der Waals surface area contributed by atoms with E-state index in [0.29, 0.717) is 17.2 Å². The van der Waals surface area contributed by atoms with Crippen LogP contribution >= 0.6 is 0 Å². The average molecular weight is 281 g/mol. The highest BCUT2D eigenvalue weighted by Gasteiger charge is 2.10. The van der Waals surface area contributed by atoms with Gasteiger partial charge in [0.25, 0.3) is 0 Å². The maximum absolute atomic E-state index is 13.5. The zero-order chi connectivity index (χ0) is 14.9. The van der Waals surface area contributed by atoms with Crippen LogP contribution in [-0.4, -0.2) is 4.98 Å². The molecule has 0 aliphatic rings. The van der Waals surface area contributed by atoms with Gasteiger partial charge in [-0.1, -0.05) is 12.1 Å². The van der Waals surface area contributed by atoms with Gasteiger partial charge in [0.15, 0.2) is 23.3 Å². The van der Waals surface area contributed by atoms with Crippen LogP contribution in [0.1, 0.15) is 16.7 Å². The summed E-state index contributed by atoms with van der Waals surface area (Å²) >= 11 is 0. The van der Waals surface area contributed by atoms with Gasteiger partial charge in [0.1, 0.15) is 5.82 Å². The van der Waals surface area contributed by atoms with Gasteiger partial charge in [-0.15, -0.1) is 0 Å². The Morgan fingerprint density at radius 1 is 1.05 bits per heavy atom. The first-order valence-corrected chi connectivity index (χ1v) is 5.99. The van der Waals surface area contributed by atoms with Crippen LogP contribution in [0.3, 0.4) is 0 Å². The summed E-state index contributed by atoms with van der Waals surface area (Å²) in [6.07, 6.45) is 0. The van der Waals surface area contributed by atoms with Gasteiger partial charge < -0.3 is 11.1 Å². The van der Waals surface area contributed by atoms with Crippen molar-refractivity contribution in [1.29, 1.82) is 0 Å². The predicted molar refractivity (Wildman–Crippen MR) is 71.8 cm³/mol. The lowest BCUT2D eigenvalue weighted by molar-refractivity contribution is 0.579. The van der Waals surface area contributed by atoms with Crippen molar-refractivity contribution in [3.8, 4) is 0 Å². The zero-order valence-electron chi connectivity index (χ0n) is 11.1. The number of aryl methyl sites for hydroxylation is 2. The second-order valence-electron chi connectivity index (χ2n) is 4.58.